The maximum Gasteiger partial charge on any atom is 0.119 e. The molecule has 0 aromatic heterocycles. The van der Waals surface area contributed by atoms with Crippen LogP contribution < -0.4 is 10.5 Å². The molecule has 1 saturated heterocycles. The van der Waals surface area contributed by atoms with Gasteiger partial charge in [0.15, 0.2) is 0 Å². The van der Waals surface area contributed by atoms with Crippen LogP contribution in [0.25, 0.3) is 0 Å². The number of hydrogen-bond donors (Lipinski definition) is 1. The third kappa shape index (κ3) is 3.53. The summed E-state index contributed by atoms with van der Waals surface area (Å²) in [6, 6.07) is 9.08. The lowest BCUT2D eigenvalue weighted by molar-refractivity contribution is 0.0960. The Hall–Kier alpha value is -1.06. The molecule has 0 spiro atoms. The molecule has 0 amide bonds. The lowest BCUT2D eigenvalue weighted by atomic mass is 9.84. The number of piperidine rings is 1. The van der Waals surface area contributed by atoms with Crippen molar-refractivity contribution in [1.82, 2.24) is 4.90 Å². The van der Waals surface area contributed by atoms with Gasteiger partial charge >= 0.3 is 0 Å². The summed E-state index contributed by atoms with van der Waals surface area (Å²) >= 11 is 0. The molecule has 1 aromatic carbocycles. The summed E-state index contributed by atoms with van der Waals surface area (Å²) in [5.41, 5.74) is 7.40. The summed E-state index contributed by atoms with van der Waals surface area (Å²) < 4.78 is 5.54. The van der Waals surface area contributed by atoms with E-state index in [4.69, 9.17) is 10.5 Å². The first-order valence-electron chi connectivity index (χ1n) is 7.97. The fourth-order valence-corrected chi connectivity index (χ4v) is 3.35. The predicted molar refractivity (Wildman–Crippen MR) is 84.0 cm³/mol. The van der Waals surface area contributed by atoms with Crippen molar-refractivity contribution >= 4 is 0 Å². The van der Waals surface area contributed by atoms with Crippen molar-refractivity contribution < 1.29 is 4.74 Å². The highest BCUT2D eigenvalue weighted by Gasteiger charge is 2.31. The smallest absolute Gasteiger partial charge is 0.119 e. The molecular weight excluding hydrogens is 248 g/mol. The Labute approximate surface area is 123 Å². The van der Waals surface area contributed by atoms with E-state index in [0.29, 0.717) is 12.0 Å². The Balaban J connectivity index is 2.19. The molecule has 1 fully saturated rings. The maximum atomic E-state index is 6.02. The molecular formula is C17H28N2O. The van der Waals surface area contributed by atoms with Crippen molar-refractivity contribution in [2.45, 2.75) is 39.2 Å². The highest BCUT2D eigenvalue weighted by Crippen LogP contribution is 2.36. The Kier molecular flexibility index (Phi) is 5.86. The van der Waals surface area contributed by atoms with Crippen molar-refractivity contribution in [2.75, 3.05) is 26.2 Å². The number of likely N-dealkylation sites (tertiary alicyclic amines) is 1. The minimum Gasteiger partial charge on any atom is -0.494 e. The summed E-state index contributed by atoms with van der Waals surface area (Å²) in [5, 5.41) is 0. The topological polar surface area (TPSA) is 38.5 Å². The molecule has 112 valence electrons. The monoisotopic (exact) mass is 276 g/mol. The lowest BCUT2D eigenvalue weighted by Gasteiger charge is -2.41. The van der Waals surface area contributed by atoms with Gasteiger partial charge in [-0.15, -0.1) is 0 Å². The minimum atomic E-state index is 0.476. The van der Waals surface area contributed by atoms with Gasteiger partial charge in [-0.05, 0) is 69.4 Å². The van der Waals surface area contributed by atoms with Gasteiger partial charge in [0.05, 0.1) is 6.61 Å². The fraction of sp³-hybridized carbons (Fsp3) is 0.647. The van der Waals surface area contributed by atoms with E-state index < -0.39 is 0 Å². The van der Waals surface area contributed by atoms with Gasteiger partial charge in [-0.25, -0.2) is 0 Å². The summed E-state index contributed by atoms with van der Waals surface area (Å²) in [4.78, 5) is 2.61. The SMILES string of the molecule is CCCN1CCCC(CN)C1c1ccc(OCC)cc1. The van der Waals surface area contributed by atoms with Crippen LogP contribution in [-0.2, 0) is 0 Å². The lowest BCUT2D eigenvalue weighted by Crippen LogP contribution is -2.41. The highest BCUT2D eigenvalue weighted by molar-refractivity contribution is 5.30. The third-order valence-electron chi connectivity index (χ3n) is 4.21. The van der Waals surface area contributed by atoms with Crippen molar-refractivity contribution in [2.24, 2.45) is 11.7 Å². The van der Waals surface area contributed by atoms with E-state index in [1.165, 1.54) is 31.4 Å². The Morgan fingerprint density at radius 2 is 2.00 bits per heavy atom. The van der Waals surface area contributed by atoms with Crippen LogP contribution in [-0.4, -0.2) is 31.1 Å². The van der Waals surface area contributed by atoms with Crippen LogP contribution in [0.4, 0.5) is 0 Å². The molecule has 0 saturated carbocycles. The van der Waals surface area contributed by atoms with Crippen molar-refractivity contribution in [3.63, 3.8) is 0 Å². The molecule has 3 nitrogen and oxygen atoms in total. The van der Waals surface area contributed by atoms with E-state index in [2.05, 4.69) is 36.1 Å². The van der Waals surface area contributed by atoms with Gasteiger partial charge in [-0.2, -0.15) is 0 Å². The molecule has 1 heterocycles. The minimum absolute atomic E-state index is 0.476. The van der Waals surface area contributed by atoms with Gasteiger partial charge in [0.25, 0.3) is 0 Å². The average Bonchev–Trinajstić information content (AvgIpc) is 2.49. The molecule has 0 bridgehead atoms. The second kappa shape index (κ2) is 7.65. The van der Waals surface area contributed by atoms with Gasteiger partial charge in [-0.1, -0.05) is 19.1 Å². The first-order chi connectivity index (χ1) is 9.80. The van der Waals surface area contributed by atoms with E-state index in [-0.39, 0.29) is 0 Å². The van der Waals surface area contributed by atoms with Crippen LogP contribution >= 0.6 is 0 Å². The largest absolute Gasteiger partial charge is 0.494 e. The van der Waals surface area contributed by atoms with Crippen LogP contribution in [0.15, 0.2) is 24.3 Å². The standard InChI is InChI=1S/C17H28N2O/c1-3-11-19-12-5-6-15(13-18)17(19)14-7-9-16(10-8-14)20-4-2/h7-10,15,17H,3-6,11-13,18H2,1-2H3. The van der Waals surface area contributed by atoms with E-state index in [1.807, 2.05) is 6.92 Å². The molecule has 1 aliphatic heterocycles. The van der Waals surface area contributed by atoms with Crippen LogP contribution in [0.2, 0.25) is 0 Å². The quantitative estimate of drug-likeness (QED) is 0.867. The Morgan fingerprint density at radius 1 is 1.25 bits per heavy atom. The number of benzene rings is 1. The molecule has 2 rings (SSSR count). The molecule has 1 aromatic rings. The second-order valence-corrected chi connectivity index (χ2v) is 5.62. The summed E-state index contributed by atoms with van der Waals surface area (Å²) in [6.45, 7) is 8.12. The fourth-order valence-electron chi connectivity index (χ4n) is 3.35. The molecule has 20 heavy (non-hydrogen) atoms. The van der Waals surface area contributed by atoms with Crippen LogP contribution in [0, 0.1) is 5.92 Å². The van der Waals surface area contributed by atoms with Crippen molar-refractivity contribution in [3.8, 4) is 5.75 Å². The van der Waals surface area contributed by atoms with Crippen LogP contribution in [0.1, 0.15) is 44.7 Å². The van der Waals surface area contributed by atoms with Crippen LogP contribution in [0.3, 0.4) is 0 Å². The van der Waals surface area contributed by atoms with Gasteiger partial charge in [-0.3, -0.25) is 4.90 Å². The summed E-state index contributed by atoms with van der Waals surface area (Å²) in [6.07, 6.45) is 3.72. The zero-order valence-corrected chi connectivity index (χ0v) is 12.8. The first-order valence-corrected chi connectivity index (χ1v) is 7.97. The number of nitrogens with zero attached hydrogens (tertiary/aromatic N) is 1. The zero-order chi connectivity index (χ0) is 14.4. The van der Waals surface area contributed by atoms with E-state index in [0.717, 1.165) is 25.4 Å². The number of ether oxygens (including phenoxy) is 1. The molecule has 3 heteroatoms. The van der Waals surface area contributed by atoms with E-state index in [1.54, 1.807) is 0 Å². The van der Waals surface area contributed by atoms with Gasteiger partial charge in [0.2, 0.25) is 0 Å². The highest BCUT2D eigenvalue weighted by atomic mass is 16.5. The van der Waals surface area contributed by atoms with Crippen LogP contribution in [0.5, 0.6) is 5.75 Å². The number of hydrogen-bond acceptors (Lipinski definition) is 3. The maximum absolute atomic E-state index is 6.02. The van der Waals surface area contributed by atoms with E-state index in [9.17, 15) is 0 Å². The van der Waals surface area contributed by atoms with Gasteiger partial charge < -0.3 is 10.5 Å². The molecule has 1 aliphatic rings. The number of rotatable bonds is 6. The molecule has 2 atom stereocenters. The zero-order valence-electron chi connectivity index (χ0n) is 12.8. The van der Waals surface area contributed by atoms with E-state index >= 15 is 0 Å². The molecule has 0 radical (unpaired) electrons. The normalized spacial score (nSPS) is 23.8. The van der Waals surface area contributed by atoms with Crippen molar-refractivity contribution in [3.05, 3.63) is 29.8 Å². The van der Waals surface area contributed by atoms with Crippen molar-refractivity contribution in [1.29, 1.82) is 0 Å². The summed E-state index contributed by atoms with van der Waals surface area (Å²) in [5.74, 6) is 1.53. The third-order valence-corrected chi connectivity index (χ3v) is 4.21. The Morgan fingerprint density at radius 3 is 2.60 bits per heavy atom. The molecule has 2 N–H and O–H groups in total. The summed E-state index contributed by atoms with van der Waals surface area (Å²) in [7, 11) is 0. The molecule has 2 unspecified atom stereocenters. The predicted octanol–water partition coefficient (Wildman–Crippen LogP) is 3.21. The Bertz CT molecular complexity index is 388. The van der Waals surface area contributed by atoms with Gasteiger partial charge in [0, 0.05) is 6.04 Å². The second-order valence-electron chi connectivity index (χ2n) is 5.62. The average molecular weight is 276 g/mol. The number of nitrogens with two attached hydrogens (primary N) is 1. The van der Waals surface area contributed by atoms with Gasteiger partial charge in [0.1, 0.15) is 5.75 Å². The first kappa shape index (κ1) is 15.3. The molecule has 0 aliphatic carbocycles.